The number of hydrogen-bond donors (Lipinski definition) is 2. The number of nitrogens with one attached hydrogen (secondary N) is 2. The van der Waals surface area contributed by atoms with E-state index in [-0.39, 0.29) is 19.2 Å². The molecule has 0 bridgehead atoms. The van der Waals surface area contributed by atoms with Crippen LogP contribution in [0.15, 0.2) is 42.5 Å². The number of anilines is 1. The molecule has 0 aliphatic carbocycles. The van der Waals surface area contributed by atoms with E-state index >= 15 is 0 Å². The van der Waals surface area contributed by atoms with Gasteiger partial charge in [-0.05, 0) is 42.0 Å². The molecule has 0 saturated carbocycles. The second kappa shape index (κ2) is 8.28. The van der Waals surface area contributed by atoms with Crippen LogP contribution in [0, 0.1) is 11.3 Å². The van der Waals surface area contributed by atoms with E-state index in [2.05, 4.69) is 10.6 Å². The summed E-state index contributed by atoms with van der Waals surface area (Å²) in [6.07, 6.45) is 0. The van der Waals surface area contributed by atoms with Gasteiger partial charge < -0.3 is 15.4 Å². The van der Waals surface area contributed by atoms with E-state index < -0.39 is 0 Å². The monoisotopic (exact) mass is 349 g/mol. The van der Waals surface area contributed by atoms with Crippen molar-refractivity contribution >= 4 is 34.9 Å². The Kier molecular flexibility index (Phi) is 6.10. The number of carbonyl (C=O) groups excluding carboxylic acids is 1. The predicted octanol–water partition coefficient (Wildman–Crippen LogP) is 4.22. The van der Waals surface area contributed by atoms with Crippen molar-refractivity contribution in [2.24, 2.45) is 0 Å². The highest BCUT2D eigenvalue weighted by Crippen LogP contribution is 2.21. The lowest BCUT2D eigenvalue weighted by Gasteiger charge is -2.09. The number of nitriles is 1. The zero-order chi connectivity index (χ0) is 16.7. The van der Waals surface area contributed by atoms with Crippen LogP contribution in [0.3, 0.4) is 0 Å². The predicted molar refractivity (Wildman–Crippen MR) is 89.9 cm³/mol. The summed E-state index contributed by atoms with van der Waals surface area (Å²) in [6, 6.07) is 13.3. The van der Waals surface area contributed by atoms with Gasteiger partial charge in [0.2, 0.25) is 0 Å². The van der Waals surface area contributed by atoms with Crippen molar-refractivity contribution in [2.75, 3.05) is 11.9 Å². The van der Waals surface area contributed by atoms with Gasteiger partial charge in [-0.2, -0.15) is 5.26 Å². The molecule has 2 N–H and O–H groups in total. The number of benzene rings is 2. The number of urea groups is 1. The fraction of sp³-hybridized carbons (Fsp3) is 0.125. The first kappa shape index (κ1) is 16.9. The van der Waals surface area contributed by atoms with Crippen molar-refractivity contribution in [3.8, 4) is 11.8 Å². The minimum Gasteiger partial charge on any atom is -0.479 e. The maximum Gasteiger partial charge on any atom is 0.319 e. The molecule has 23 heavy (non-hydrogen) atoms. The normalized spacial score (nSPS) is 9.78. The summed E-state index contributed by atoms with van der Waals surface area (Å²) in [5, 5.41) is 14.9. The highest BCUT2D eigenvalue weighted by Gasteiger charge is 2.05. The maximum atomic E-state index is 11.9. The number of hydrogen-bond acceptors (Lipinski definition) is 3. The molecular weight excluding hydrogens is 337 g/mol. The number of ether oxygens (including phenoxy) is 1. The van der Waals surface area contributed by atoms with Crippen LogP contribution < -0.4 is 15.4 Å². The maximum absolute atomic E-state index is 11.9. The fourth-order valence-electron chi connectivity index (χ4n) is 1.77. The smallest absolute Gasteiger partial charge is 0.319 e. The number of amides is 2. The van der Waals surface area contributed by atoms with Crippen LogP contribution >= 0.6 is 23.2 Å². The third kappa shape index (κ3) is 5.37. The molecule has 0 heterocycles. The number of rotatable bonds is 5. The van der Waals surface area contributed by atoms with Crippen LogP contribution in [0.25, 0.3) is 0 Å². The Bertz CT molecular complexity index is 727. The second-order valence-corrected chi connectivity index (χ2v) is 5.36. The molecule has 2 rings (SSSR count). The van der Waals surface area contributed by atoms with Crippen molar-refractivity contribution in [3.05, 3.63) is 58.1 Å². The van der Waals surface area contributed by atoms with E-state index in [4.69, 9.17) is 33.2 Å². The summed E-state index contributed by atoms with van der Waals surface area (Å²) in [5.74, 6) is 0.561. The molecule has 118 valence electrons. The van der Waals surface area contributed by atoms with Gasteiger partial charge >= 0.3 is 6.03 Å². The van der Waals surface area contributed by atoms with E-state index in [0.29, 0.717) is 21.5 Å². The number of halogens is 2. The molecule has 2 aromatic carbocycles. The van der Waals surface area contributed by atoms with Crippen LogP contribution in [0.5, 0.6) is 5.75 Å². The van der Waals surface area contributed by atoms with Crippen LogP contribution in [0.2, 0.25) is 10.0 Å². The van der Waals surface area contributed by atoms with Gasteiger partial charge in [-0.25, -0.2) is 4.79 Å². The van der Waals surface area contributed by atoms with Gasteiger partial charge in [0, 0.05) is 22.3 Å². The van der Waals surface area contributed by atoms with Crippen molar-refractivity contribution in [2.45, 2.75) is 6.54 Å². The third-order valence-corrected chi connectivity index (χ3v) is 3.46. The first-order valence-electron chi connectivity index (χ1n) is 6.67. The molecule has 0 aliphatic rings. The van der Waals surface area contributed by atoms with Gasteiger partial charge in [0.05, 0.1) is 0 Å². The summed E-state index contributed by atoms with van der Waals surface area (Å²) in [5.41, 5.74) is 1.38. The molecule has 0 saturated heterocycles. The van der Waals surface area contributed by atoms with E-state index in [1.54, 1.807) is 42.5 Å². The van der Waals surface area contributed by atoms with Crippen molar-refractivity contribution in [1.82, 2.24) is 5.32 Å². The van der Waals surface area contributed by atoms with Crippen LogP contribution in [-0.4, -0.2) is 12.6 Å². The summed E-state index contributed by atoms with van der Waals surface area (Å²) in [4.78, 5) is 11.9. The van der Waals surface area contributed by atoms with Gasteiger partial charge in [-0.3, -0.25) is 0 Å². The quantitative estimate of drug-likeness (QED) is 0.848. The van der Waals surface area contributed by atoms with Gasteiger partial charge in [0.15, 0.2) is 6.61 Å². The van der Waals surface area contributed by atoms with Gasteiger partial charge in [0.1, 0.15) is 11.8 Å². The zero-order valence-electron chi connectivity index (χ0n) is 12.0. The summed E-state index contributed by atoms with van der Waals surface area (Å²) in [6.45, 7) is 0.264. The molecular formula is C16H13Cl2N3O2. The number of carbonyl (C=O) groups is 1. The molecule has 0 atom stereocenters. The molecule has 0 radical (unpaired) electrons. The van der Waals surface area contributed by atoms with Gasteiger partial charge in [0.25, 0.3) is 0 Å². The summed E-state index contributed by atoms with van der Waals surface area (Å²) in [7, 11) is 0. The number of nitrogens with zero attached hydrogens (tertiary/aromatic N) is 1. The van der Waals surface area contributed by atoms with Crippen LogP contribution in [-0.2, 0) is 6.54 Å². The first-order valence-corrected chi connectivity index (χ1v) is 7.42. The Hall–Kier alpha value is -2.42. The molecule has 0 fully saturated rings. The molecule has 2 amide bonds. The van der Waals surface area contributed by atoms with Crippen LogP contribution in [0.1, 0.15) is 5.56 Å². The van der Waals surface area contributed by atoms with E-state index in [1.165, 1.54) is 0 Å². The Labute approximate surface area is 143 Å². The minimum absolute atomic E-state index is 0.0187. The molecule has 0 unspecified atom stereocenters. The third-order valence-electron chi connectivity index (χ3n) is 2.87. The highest BCUT2D eigenvalue weighted by molar-refractivity contribution is 6.35. The molecule has 2 aromatic rings. The van der Waals surface area contributed by atoms with Crippen molar-refractivity contribution in [3.63, 3.8) is 0 Å². The standard InChI is InChI=1S/C16H13Cl2N3O2/c17-12-2-1-11(15(18)9-12)10-20-16(22)21-13-3-5-14(6-4-13)23-8-7-19/h1-6,9H,8,10H2,(H2,20,21,22). The van der Waals surface area contributed by atoms with E-state index in [9.17, 15) is 4.79 Å². The van der Waals surface area contributed by atoms with E-state index in [1.807, 2.05) is 6.07 Å². The summed E-state index contributed by atoms with van der Waals surface area (Å²) < 4.78 is 5.13. The first-order chi connectivity index (χ1) is 11.1. The van der Waals surface area contributed by atoms with Gasteiger partial charge in [-0.15, -0.1) is 0 Å². The second-order valence-electron chi connectivity index (χ2n) is 4.51. The van der Waals surface area contributed by atoms with Crippen molar-refractivity contribution in [1.29, 1.82) is 5.26 Å². The molecule has 0 aromatic heterocycles. The lowest BCUT2D eigenvalue weighted by molar-refractivity contribution is 0.251. The molecule has 7 heteroatoms. The minimum atomic E-state index is -0.360. The van der Waals surface area contributed by atoms with Crippen molar-refractivity contribution < 1.29 is 9.53 Å². The Morgan fingerprint density at radius 3 is 2.57 bits per heavy atom. The molecule has 0 spiro atoms. The zero-order valence-corrected chi connectivity index (χ0v) is 13.5. The average molecular weight is 350 g/mol. The fourth-order valence-corrected chi connectivity index (χ4v) is 2.24. The average Bonchev–Trinajstić information content (AvgIpc) is 2.53. The Morgan fingerprint density at radius 1 is 1.17 bits per heavy atom. The SMILES string of the molecule is N#CCOc1ccc(NC(=O)NCc2ccc(Cl)cc2Cl)cc1. The largest absolute Gasteiger partial charge is 0.479 e. The summed E-state index contributed by atoms with van der Waals surface area (Å²) >= 11 is 11.9. The lowest BCUT2D eigenvalue weighted by Crippen LogP contribution is -2.28. The topological polar surface area (TPSA) is 74.1 Å². The van der Waals surface area contributed by atoms with Gasteiger partial charge in [-0.1, -0.05) is 29.3 Å². The Morgan fingerprint density at radius 2 is 1.91 bits per heavy atom. The van der Waals surface area contributed by atoms with E-state index in [0.717, 1.165) is 5.56 Å². The van der Waals surface area contributed by atoms with Crippen LogP contribution in [0.4, 0.5) is 10.5 Å². The Balaban J connectivity index is 1.86. The molecule has 0 aliphatic heterocycles. The molecule has 5 nitrogen and oxygen atoms in total. The highest BCUT2D eigenvalue weighted by atomic mass is 35.5. The lowest BCUT2D eigenvalue weighted by atomic mass is 10.2.